The second kappa shape index (κ2) is 8.58. The first-order valence-corrected chi connectivity index (χ1v) is 11.4. The number of halogens is 3. The number of benzene rings is 2. The number of nitrogens with zero attached hydrogens (tertiary/aromatic N) is 1. The van der Waals surface area contributed by atoms with E-state index < -0.39 is 36.1 Å². The number of alkyl carbamates (subject to hydrolysis) is 1. The van der Waals surface area contributed by atoms with Crippen molar-refractivity contribution in [3.05, 3.63) is 59.7 Å². The topological polar surface area (TPSA) is 95.9 Å². The average Bonchev–Trinajstić information content (AvgIpc) is 3.47. The summed E-state index contributed by atoms with van der Waals surface area (Å²) >= 11 is 0. The first-order valence-electron chi connectivity index (χ1n) is 11.4. The molecule has 4 unspecified atom stereocenters. The normalized spacial score (nSPS) is 23.5. The number of carboxylic acid groups (broad SMARTS) is 1. The number of likely N-dealkylation sites (tertiary alicyclic amines) is 1. The van der Waals surface area contributed by atoms with Crippen LogP contribution in [-0.2, 0) is 14.3 Å². The van der Waals surface area contributed by atoms with Crippen LogP contribution in [0.15, 0.2) is 48.5 Å². The summed E-state index contributed by atoms with van der Waals surface area (Å²) in [7, 11) is 0. The predicted octanol–water partition coefficient (Wildman–Crippen LogP) is 3.64. The number of amides is 2. The first-order chi connectivity index (χ1) is 16.7. The van der Waals surface area contributed by atoms with E-state index in [-0.39, 0.29) is 37.5 Å². The summed E-state index contributed by atoms with van der Waals surface area (Å²) < 4.78 is 46.3. The monoisotopic (exact) mass is 488 g/mol. The Kier molecular flexibility index (Phi) is 5.69. The molecule has 0 spiro atoms. The molecule has 2 aromatic carbocycles. The highest BCUT2D eigenvalue weighted by Gasteiger charge is 2.59. The molecule has 3 aliphatic rings. The lowest BCUT2D eigenvalue weighted by Crippen LogP contribution is -2.57. The van der Waals surface area contributed by atoms with E-state index in [1.807, 2.05) is 48.5 Å². The smallest absolute Gasteiger partial charge is 0.417 e. The van der Waals surface area contributed by atoms with E-state index in [4.69, 9.17) is 4.74 Å². The van der Waals surface area contributed by atoms with Crippen LogP contribution in [0.3, 0.4) is 0 Å². The number of aliphatic carboxylic acids is 1. The maximum atomic E-state index is 13.7. The van der Waals surface area contributed by atoms with Crippen LogP contribution in [0.4, 0.5) is 18.0 Å². The molecular weight excluding hydrogens is 465 g/mol. The highest BCUT2D eigenvalue weighted by Crippen LogP contribution is 2.52. The highest BCUT2D eigenvalue weighted by atomic mass is 19.4. The van der Waals surface area contributed by atoms with E-state index in [0.29, 0.717) is 6.42 Å². The van der Waals surface area contributed by atoms with Gasteiger partial charge in [0, 0.05) is 19.0 Å². The van der Waals surface area contributed by atoms with Gasteiger partial charge in [0.05, 0.1) is 5.92 Å². The van der Waals surface area contributed by atoms with Gasteiger partial charge in [-0.25, -0.2) is 4.79 Å². The predicted molar refractivity (Wildman–Crippen MR) is 117 cm³/mol. The van der Waals surface area contributed by atoms with Gasteiger partial charge in [-0.1, -0.05) is 48.5 Å². The molecule has 1 heterocycles. The van der Waals surface area contributed by atoms with Crippen molar-refractivity contribution in [2.24, 2.45) is 17.8 Å². The van der Waals surface area contributed by atoms with Gasteiger partial charge in [0.15, 0.2) is 0 Å². The van der Waals surface area contributed by atoms with Gasteiger partial charge in [-0.2, -0.15) is 13.2 Å². The van der Waals surface area contributed by atoms with Gasteiger partial charge >= 0.3 is 18.2 Å². The Morgan fingerprint density at radius 3 is 2.20 bits per heavy atom. The zero-order valence-electron chi connectivity index (χ0n) is 18.5. The molecule has 7 nitrogen and oxygen atoms in total. The van der Waals surface area contributed by atoms with Gasteiger partial charge in [0.2, 0.25) is 6.04 Å². The molecule has 2 N–H and O–H groups in total. The lowest BCUT2D eigenvalue weighted by Gasteiger charge is -2.31. The summed E-state index contributed by atoms with van der Waals surface area (Å²) in [5.74, 6) is -3.74. The first kappa shape index (κ1) is 23.2. The Hall–Kier alpha value is -3.56. The molecule has 184 valence electrons. The Balaban J connectivity index is 1.25. The molecule has 0 bridgehead atoms. The van der Waals surface area contributed by atoms with Gasteiger partial charge in [0.1, 0.15) is 6.61 Å². The number of piperidine rings is 1. The Bertz CT molecular complexity index is 1140. The molecule has 0 aromatic heterocycles. The van der Waals surface area contributed by atoms with Crippen molar-refractivity contribution in [2.45, 2.75) is 24.6 Å². The average molecular weight is 488 g/mol. The number of fused-ring (bicyclic) bond motifs is 4. The minimum atomic E-state index is -5.03. The van der Waals surface area contributed by atoms with Gasteiger partial charge < -0.3 is 20.1 Å². The lowest BCUT2D eigenvalue weighted by atomic mass is 9.98. The number of alkyl halides is 3. The van der Waals surface area contributed by atoms with Gasteiger partial charge in [-0.15, -0.1) is 0 Å². The van der Waals surface area contributed by atoms with Crippen LogP contribution in [0.5, 0.6) is 0 Å². The van der Waals surface area contributed by atoms with E-state index >= 15 is 0 Å². The quantitative estimate of drug-likeness (QED) is 0.670. The minimum Gasteiger partial charge on any atom is -0.481 e. The molecule has 1 aliphatic heterocycles. The molecule has 1 saturated heterocycles. The van der Waals surface area contributed by atoms with E-state index in [2.05, 4.69) is 0 Å². The number of carboxylic acids is 1. The fourth-order valence-corrected chi connectivity index (χ4v) is 5.53. The van der Waals surface area contributed by atoms with Crippen molar-refractivity contribution in [1.29, 1.82) is 0 Å². The number of carbonyl (C=O) groups is 3. The number of nitrogens with one attached hydrogen (secondary N) is 1. The number of hydrogen-bond donors (Lipinski definition) is 2. The molecule has 2 aliphatic carbocycles. The second-order valence-corrected chi connectivity index (χ2v) is 9.21. The number of hydrogen-bond acceptors (Lipinski definition) is 4. The van der Waals surface area contributed by atoms with Crippen molar-refractivity contribution in [1.82, 2.24) is 10.2 Å². The molecule has 2 fully saturated rings. The van der Waals surface area contributed by atoms with Crippen molar-refractivity contribution < 1.29 is 37.4 Å². The standard InChI is InChI=1S/C25H23F3N2O5/c26-25(27,28)21(22(31)30-10-9-17-18(11-30)20(17)23(32)33)29-24(34)35-12-19-15-7-3-1-5-13(15)14-6-2-4-8-16(14)19/h1-8,17-21H,9-12H2,(H,29,34)(H,32,33). The van der Waals surface area contributed by atoms with Crippen LogP contribution >= 0.6 is 0 Å². The van der Waals surface area contributed by atoms with Crippen LogP contribution in [0.2, 0.25) is 0 Å². The van der Waals surface area contributed by atoms with Crippen molar-refractivity contribution in [3.8, 4) is 11.1 Å². The Morgan fingerprint density at radius 1 is 1.03 bits per heavy atom. The van der Waals surface area contributed by atoms with Crippen LogP contribution in [0.25, 0.3) is 11.1 Å². The SMILES string of the molecule is O=C(NC(C(=O)N1CCC2C(C1)C2C(=O)O)C(F)(F)F)OCC1c2ccccc2-c2ccccc21. The Labute approximate surface area is 198 Å². The number of ether oxygens (including phenoxy) is 1. The maximum absolute atomic E-state index is 13.7. The fraction of sp³-hybridized carbons (Fsp3) is 0.400. The molecule has 0 radical (unpaired) electrons. The lowest BCUT2D eigenvalue weighted by molar-refractivity contribution is -0.175. The summed E-state index contributed by atoms with van der Waals surface area (Å²) in [5, 5.41) is 10.9. The van der Waals surface area contributed by atoms with Crippen molar-refractivity contribution in [3.63, 3.8) is 0 Å². The molecular formula is C25H23F3N2O5. The van der Waals surface area contributed by atoms with Gasteiger partial charge in [0.25, 0.3) is 5.91 Å². The summed E-state index contributed by atoms with van der Waals surface area (Å²) in [6, 6.07) is 12.3. The summed E-state index contributed by atoms with van der Waals surface area (Å²) in [4.78, 5) is 37.3. The summed E-state index contributed by atoms with van der Waals surface area (Å²) in [5.41, 5.74) is 3.77. The van der Waals surface area contributed by atoms with E-state index in [0.717, 1.165) is 27.2 Å². The molecule has 5 rings (SSSR count). The molecule has 10 heteroatoms. The summed E-state index contributed by atoms with van der Waals surface area (Å²) in [6.07, 6.45) is -6.05. The molecule has 35 heavy (non-hydrogen) atoms. The number of carbonyl (C=O) groups excluding carboxylic acids is 2. The largest absolute Gasteiger partial charge is 0.481 e. The third-order valence-electron chi connectivity index (χ3n) is 7.27. The molecule has 2 amide bonds. The van der Waals surface area contributed by atoms with Gasteiger partial charge in [-0.05, 0) is 40.5 Å². The minimum absolute atomic E-state index is 0.0166. The zero-order chi connectivity index (χ0) is 24.9. The van der Waals surface area contributed by atoms with Gasteiger partial charge in [-0.3, -0.25) is 9.59 Å². The van der Waals surface area contributed by atoms with E-state index in [9.17, 15) is 32.7 Å². The van der Waals surface area contributed by atoms with E-state index in [1.165, 1.54) is 0 Å². The summed E-state index contributed by atoms with van der Waals surface area (Å²) in [6.45, 7) is -0.242. The molecule has 1 saturated carbocycles. The van der Waals surface area contributed by atoms with Crippen LogP contribution in [-0.4, -0.2) is 59.9 Å². The molecule has 4 atom stereocenters. The third kappa shape index (κ3) is 4.21. The Morgan fingerprint density at radius 2 is 1.63 bits per heavy atom. The van der Waals surface area contributed by atoms with Crippen molar-refractivity contribution >= 4 is 18.0 Å². The molecule has 2 aromatic rings. The highest BCUT2D eigenvalue weighted by molar-refractivity contribution is 5.87. The fourth-order valence-electron chi connectivity index (χ4n) is 5.53. The van der Waals surface area contributed by atoms with E-state index in [1.54, 1.807) is 5.32 Å². The van der Waals surface area contributed by atoms with Crippen LogP contribution in [0, 0.1) is 17.8 Å². The third-order valence-corrected chi connectivity index (χ3v) is 7.27. The second-order valence-electron chi connectivity index (χ2n) is 9.21. The van der Waals surface area contributed by atoms with Crippen molar-refractivity contribution in [2.75, 3.05) is 19.7 Å². The number of rotatable bonds is 5. The maximum Gasteiger partial charge on any atom is 0.417 e. The van der Waals surface area contributed by atoms with Crippen LogP contribution in [0.1, 0.15) is 23.5 Å². The van der Waals surface area contributed by atoms with Crippen LogP contribution < -0.4 is 5.32 Å². The zero-order valence-corrected chi connectivity index (χ0v) is 18.5.